The molecule has 0 aliphatic heterocycles. The number of hydrogen-bond acceptors (Lipinski definition) is 2. The molecule has 0 saturated heterocycles. The average Bonchev–Trinajstić information content (AvgIpc) is 3.02. The summed E-state index contributed by atoms with van der Waals surface area (Å²) < 4.78 is 2.02. The minimum atomic E-state index is 0.133. The Labute approximate surface area is 148 Å². The number of carbonyl (C=O) groups is 1. The van der Waals surface area contributed by atoms with E-state index in [0.29, 0.717) is 6.42 Å². The zero-order valence-electron chi connectivity index (χ0n) is 14.7. The van der Waals surface area contributed by atoms with Crippen LogP contribution in [0.2, 0.25) is 0 Å². The summed E-state index contributed by atoms with van der Waals surface area (Å²) in [6, 6.07) is 18.5. The van der Waals surface area contributed by atoms with Crippen LogP contribution < -0.4 is 5.32 Å². The molecule has 25 heavy (non-hydrogen) atoms. The highest BCUT2D eigenvalue weighted by Crippen LogP contribution is 2.27. The van der Waals surface area contributed by atoms with Gasteiger partial charge in [-0.05, 0) is 18.9 Å². The van der Waals surface area contributed by atoms with Crippen molar-refractivity contribution in [1.82, 2.24) is 15.1 Å². The lowest BCUT2D eigenvalue weighted by molar-refractivity contribution is -0.121. The fourth-order valence-electron chi connectivity index (χ4n) is 2.99. The molecule has 3 rings (SSSR count). The van der Waals surface area contributed by atoms with Crippen LogP contribution in [0.1, 0.15) is 32.6 Å². The van der Waals surface area contributed by atoms with Crippen LogP contribution in [0, 0.1) is 0 Å². The molecule has 0 radical (unpaired) electrons. The monoisotopic (exact) mass is 335 g/mol. The maximum Gasteiger partial charge on any atom is 0.220 e. The predicted molar refractivity (Wildman–Crippen MR) is 102 cm³/mol. The van der Waals surface area contributed by atoms with E-state index < -0.39 is 0 Å². The Morgan fingerprint density at radius 2 is 1.80 bits per heavy atom. The summed E-state index contributed by atoms with van der Waals surface area (Å²) in [5.74, 6) is 0.133. The van der Waals surface area contributed by atoms with Gasteiger partial charge in [-0.1, -0.05) is 61.9 Å². The number of nitrogens with one attached hydrogen (secondary N) is 1. The number of amides is 1. The van der Waals surface area contributed by atoms with Gasteiger partial charge in [-0.3, -0.25) is 9.48 Å². The predicted octanol–water partition coefficient (Wildman–Crippen LogP) is 4.40. The van der Waals surface area contributed by atoms with Crippen LogP contribution in [0.5, 0.6) is 0 Å². The quantitative estimate of drug-likeness (QED) is 0.620. The Morgan fingerprint density at radius 1 is 1.04 bits per heavy atom. The third-order valence-electron chi connectivity index (χ3n) is 4.33. The molecule has 1 aromatic heterocycles. The SMILES string of the molecule is CCCCNC(=O)CCCn1nc(-c2ccccc2)c2ccccc21. The molecule has 0 saturated carbocycles. The van der Waals surface area contributed by atoms with Crippen LogP contribution in [0.15, 0.2) is 54.6 Å². The Hall–Kier alpha value is -2.62. The molecule has 0 unspecified atom stereocenters. The summed E-state index contributed by atoms with van der Waals surface area (Å²) in [5, 5.41) is 8.94. The van der Waals surface area contributed by atoms with E-state index in [0.717, 1.165) is 54.5 Å². The highest BCUT2D eigenvalue weighted by molar-refractivity contribution is 5.93. The second kappa shape index (κ2) is 8.47. The van der Waals surface area contributed by atoms with Crippen molar-refractivity contribution in [2.45, 2.75) is 39.2 Å². The molecule has 3 aromatic rings. The summed E-state index contributed by atoms with van der Waals surface area (Å²) in [4.78, 5) is 11.9. The second-order valence-electron chi connectivity index (χ2n) is 6.26. The van der Waals surface area contributed by atoms with Crippen LogP contribution in [-0.4, -0.2) is 22.2 Å². The number of para-hydroxylation sites is 1. The Kier molecular flexibility index (Phi) is 5.83. The van der Waals surface area contributed by atoms with Crippen molar-refractivity contribution in [1.29, 1.82) is 0 Å². The lowest BCUT2D eigenvalue weighted by Gasteiger charge is -2.05. The molecule has 1 heterocycles. The van der Waals surface area contributed by atoms with Gasteiger partial charge >= 0.3 is 0 Å². The van der Waals surface area contributed by atoms with E-state index in [-0.39, 0.29) is 5.91 Å². The van der Waals surface area contributed by atoms with Crippen LogP contribution >= 0.6 is 0 Å². The van der Waals surface area contributed by atoms with Crippen LogP contribution in [0.3, 0.4) is 0 Å². The fraction of sp³-hybridized carbons (Fsp3) is 0.333. The lowest BCUT2D eigenvalue weighted by atomic mass is 10.1. The van der Waals surface area contributed by atoms with Crippen LogP contribution in [-0.2, 0) is 11.3 Å². The number of aromatic nitrogens is 2. The standard InChI is InChI=1S/C21H25N3O/c1-2-3-15-22-20(25)14-9-16-24-19-13-8-7-12-18(19)21(23-24)17-10-5-4-6-11-17/h4-8,10-13H,2-3,9,14-16H2,1H3,(H,22,25). The van der Waals surface area contributed by atoms with Gasteiger partial charge in [0.1, 0.15) is 5.69 Å². The first-order chi connectivity index (χ1) is 12.3. The van der Waals surface area contributed by atoms with Crippen molar-refractivity contribution < 1.29 is 4.79 Å². The van der Waals surface area contributed by atoms with E-state index in [9.17, 15) is 4.79 Å². The van der Waals surface area contributed by atoms with Crippen LogP contribution in [0.4, 0.5) is 0 Å². The van der Waals surface area contributed by atoms with Gasteiger partial charge in [-0.2, -0.15) is 5.10 Å². The van der Waals surface area contributed by atoms with Gasteiger partial charge in [-0.15, -0.1) is 0 Å². The van der Waals surface area contributed by atoms with E-state index in [1.807, 2.05) is 35.0 Å². The van der Waals surface area contributed by atoms with E-state index >= 15 is 0 Å². The average molecular weight is 335 g/mol. The number of nitrogens with zero attached hydrogens (tertiary/aromatic N) is 2. The zero-order valence-corrected chi connectivity index (χ0v) is 14.7. The van der Waals surface area contributed by atoms with Crippen molar-refractivity contribution in [3.8, 4) is 11.3 Å². The largest absolute Gasteiger partial charge is 0.356 e. The first-order valence-electron chi connectivity index (χ1n) is 9.07. The molecular weight excluding hydrogens is 310 g/mol. The molecule has 4 nitrogen and oxygen atoms in total. The first kappa shape index (κ1) is 17.2. The second-order valence-corrected chi connectivity index (χ2v) is 6.26. The summed E-state index contributed by atoms with van der Waals surface area (Å²) in [6.07, 6.45) is 3.47. The summed E-state index contributed by atoms with van der Waals surface area (Å²) in [6.45, 7) is 3.64. The highest BCUT2D eigenvalue weighted by Gasteiger charge is 2.11. The number of rotatable bonds is 8. The summed E-state index contributed by atoms with van der Waals surface area (Å²) in [7, 11) is 0. The first-order valence-corrected chi connectivity index (χ1v) is 9.07. The summed E-state index contributed by atoms with van der Waals surface area (Å²) in [5.41, 5.74) is 3.24. The van der Waals surface area contributed by atoms with Gasteiger partial charge in [0.15, 0.2) is 0 Å². The molecule has 1 N–H and O–H groups in total. The number of fused-ring (bicyclic) bond motifs is 1. The van der Waals surface area contributed by atoms with Gasteiger partial charge in [0.05, 0.1) is 5.52 Å². The molecule has 2 aromatic carbocycles. The lowest BCUT2D eigenvalue weighted by Crippen LogP contribution is -2.24. The molecule has 130 valence electrons. The summed E-state index contributed by atoms with van der Waals surface area (Å²) >= 11 is 0. The normalized spacial score (nSPS) is 10.9. The molecular formula is C21H25N3O. The van der Waals surface area contributed by atoms with E-state index in [1.165, 1.54) is 0 Å². The molecule has 0 aliphatic rings. The Morgan fingerprint density at radius 3 is 2.60 bits per heavy atom. The molecule has 0 aliphatic carbocycles. The van der Waals surface area contributed by atoms with E-state index in [1.54, 1.807) is 0 Å². The topological polar surface area (TPSA) is 46.9 Å². The number of hydrogen-bond donors (Lipinski definition) is 1. The maximum absolute atomic E-state index is 11.9. The number of unbranched alkanes of at least 4 members (excludes halogenated alkanes) is 1. The minimum Gasteiger partial charge on any atom is -0.356 e. The van der Waals surface area contributed by atoms with Gasteiger partial charge in [0.25, 0.3) is 0 Å². The van der Waals surface area contributed by atoms with E-state index in [2.05, 4.69) is 36.5 Å². The molecule has 1 amide bonds. The van der Waals surface area contributed by atoms with Crippen molar-refractivity contribution >= 4 is 16.8 Å². The number of benzene rings is 2. The third kappa shape index (κ3) is 4.27. The molecule has 0 spiro atoms. The Balaban J connectivity index is 1.71. The highest BCUT2D eigenvalue weighted by atomic mass is 16.1. The van der Waals surface area contributed by atoms with Gasteiger partial charge < -0.3 is 5.32 Å². The molecule has 4 heteroatoms. The van der Waals surface area contributed by atoms with Gasteiger partial charge in [0, 0.05) is 30.5 Å². The van der Waals surface area contributed by atoms with Crippen molar-refractivity contribution in [3.63, 3.8) is 0 Å². The van der Waals surface area contributed by atoms with Crippen LogP contribution in [0.25, 0.3) is 22.2 Å². The zero-order chi connectivity index (χ0) is 17.5. The van der Waals surface area contributed by atoms with Crippen molar-refractivity contribution in [2.75, 3.05) is 6.54 Å². The molecule has 0 bridgehead atoms. The number of aryl methyl sites for hydroxylation is 1. The number of carbonyl (C=O) groups excluding carboxylic acids is 1. The van der Waals surface area contributed by atoms with Crippen molar-refractivity contribution in [2.24, 2.45) is 0 Å². The smallest absolute Gasteiger partial charge is 0.220 e. The van der Waals surface area contributed by atoms with Gasteiger partial charge in [-0.25, -0.2) is 0 Å². The van der Waals surface area contributed by atoms with Crippen molar-refractivity contribution in [3.05, 3.63) is 54.6 Å². The Bertz CT molecular complexity index is 824. The van der Waals surface area contributed by atoms with Gasteiger partial charge in [0.2, 0.25) is 5.91 Å². The fourth-order valence-corrected chi connectivity index (χ4v) is 2.99. The molecule has 0 fully saturated rings. The third-order valence-corrected chi connectivity index (χ3v) is 4.33. The van der Waals surface area contributed by atoms with E-state index in [4.69, 9.17) is 5.10 Å². The molecule has 0 atom stereocenters. The maximum atomic E-state index is 11.9. The minimum absolute atomic E-state index is 0.133.